The van der Waals surface area contributed by atoms with Gasteiger partial charge in [0.25, 0.3) is 0 Å². The van der Waals surface area contributed by atoms with Crippen molar-refractivity contribution < 1.29 is 4.79 Å². The van der Waals surface area contributed by atoms with Crippen LogP contribution in [0.1, 0.15) is 37.7 Å². The first-order chi connectivity index (χ1) is 10.6. The van der Waals surface area contributed by atoms with Gasteiger partial charge in [-0.3, -0.25) is 9.79 Å². The topological polar surface area (TPSA) is 70.7 Å². The van der Waals surface area contributed by atoms with Crippen molar-refractivity contribution in [2.24, 2.45) is 16.6 Å². The Morgan fingerprint density at radius 1 is 1.61 bits per heavy atom. The Labute approximate surface area is 159 Å². The summed E-state index contributed by atoms with van der Waals surface area (Å²) in [4.78, 5) is 17.8. The van der Waals surface area contributed by atoms with E-state index in [9.17, 15) is 4.79 Å². The van der Waals surface area contributed by atoms with Crippen molar-refractivity contribution in [1.29, 1.82) is 0 Å². The number of likely N-dealkylation sites (tertiary alicyclic amines) is 1. The van der Waals surface area contributed by atoms with Crippen molar-refractivity contribution in [3.63, 3.8) is 0 Å². The van der Waals surface area contributed by atoms with Gasteiger partial charge in [-0.15, -0.1) is 24.0 Å². The molecule has 2 unspecified atom stereocenters. The molecule has 1 aliphatic heterocycles. The third-order valence-electron chi connectivity index (χ3n) is 4.20. The molecule has 0 spiro atoms. The van der Waals surface area contributed by atoms with Gasteiger partial charge in [0, 0.05) is 33.1 Å². The first kappa shape index (κ1) is 20.2. The highest BCUT2D eigenvalue weighted by atomic mass is 127. The fourth-order valence-corrected chi connectivity index (χ4v) is 3.74. The SMILES string of the molecule is CN=C(NCC(C)c1ccsc1)N1CCCC(CC(N)=O)C1.I. The summed E-state index contributed by atoms with van der Waals surface area (Å²) in [5.41, 5.74) is 6.69. The average molecular weight is 450 g/mol. The second kappa shape index (κ2) is 10.1. The molecule has 23 heavy (non-hydrogen) atoms. The number of aliphatic imine (C=N–C) groups is 1. The van der Waals surface area contributed by atoms with Gasteiger partial charge in [0.05, 0.1) is 0 Å². The molecule has 1 fully saturated rings. The zero-order valence-corrected chi connectivity index (χ0v) is 17.0. The number of thiophene rings is 1. The van der Waals surface area contributed by atoms with Crippen LogP contribution in [0.15, 0.2) is 21.8 Å². The Balaban J connectivity index is 0.00000264. The van der Waals surface area contributed by atoms with Crippen LogP contribution >= 0.6 is 35.3 Å². The van der Waals surface area contributed by atoms with Gasteiger partial charge in [-0.2, -0.15) is 11.3 Å². The number of halogens is 1. The maximum Gasteiger partial charge on any atom is 0.217 e. The molecule has 0 radical (unpaired) electrons. The van der Waals surface area contributed by atoms with E-state index in [-0.39, 0.29) is 29.9 Å². The van der Waals surface area contributed by atoms with Gasteiger partial charge >= 0.3 is 0 Å². The van der Waals surface area contributed by atoms with Crippen LogP contribution in [0.4, 0.5) is 0 Å². The third-order valence-corrected chi connectivity index (χ3v) is 4.90. The summed E-state index contributed by atoms with van der Waals surface area (Å²) in [6.45, 7) is 4.92. The molecule has 0 aromatic carbocycles. The number of guanidine groups is 1. The zero-order valence-electron chi connectivity index (χ0n) is 13.8. The van der Waals surface area contributed by atoms with Gasteiger partial charge in [-0.1, -0.05) is 6.92 Å². The summed E-state index contributed by atoms with van der Waals surface area (Å²) in [7, 11) is 1.81. The number of amides is 1. The fourth-order valence-electron chi connectivity index (χ4n) is 2.96. The van der Waals surface area contributed by atoms with Gasteiger partial charge in [0.2, 0.25) is 5.91 Å². The summed E-state index contributed by atoms with van der Waals surface area (Å²) in [6, 6.07) is 2.17. The fraction of sp³-hybridized carbons (Fsp3) is 0.625. The molecule has 1 aromatic rings. The van der Waals surface area contributed by atoms with Crippen LogP contribution in [0.3, 0.4) is 0 Å². The molecule has 2 atom stereocenters. The van der Waals surface area contributed by atoms with Crippen molar-refractivity contribution in [2.45, 2.75) is 32.1 Å². The number of carbonyl (C=O) groups is 1. The van der Waals surface area contributed by atoms with Gasteiger partial charge in [-0.25, -0.2) is 0 Å². The maximum atomic E-state index is 11.1. The highest BCUT2D eigenvalue weighted by Gasteiger charge is 2.23. The lowest BCUT2D eigenvalue weighted by atomic mass is 9.95. The minimum absolute atomic E-state index is 0. The molecule has 2 heterocycles. The Morgan fingerprint density at radius 3 is 3.00 bits per heavy atom. The van der Waals surface area contributed by atoms with Crippen LogP contribution in [0, 0.1) is 5.92 Å². The van der Waals surface area contributed by atoms with Crippen molar-refractivity contribution in [2.75, 3.05) is 26.7 Å². The van der Waals surface area contributed by atoms with Crippen LogP contribution < -0.4 is 11.1 Å². The highest BCUT2D eigenvalue weighted by Crippen LogP contribution is 2.20. The minimum Gasteiger partial charge on any atom is -0.370 e. The predicted molar refractivity (Wildman–Crippen MR) is 108 cm³/mol. The quantitative estimate of drug-likeness (QED) is 0.412. The lowest BCUT2D eigenvalue weighted by Gasteiger charge is -2.35. The molecule has 130 valence electrons. The smallest absolute Gasteiger partial charge is 0.217 e. The van der Waals surface area contributed by atoms with Gasteiger partial charge in [0.15, 0.2) is 5.96 Å². The summed E-state index contributed by atoms with van der Waals surface area (Å²) in [5, 5.41) is 7.77. The molecule has 2 rings (SSSR count). The summed E-state index contributed by atoms with van der Waals surface area (Å²) < 4.78 is 0. The normalized spacial score (nSPS) is 19.8. The van der Waals surface area contributed by atoms with Gasteiger partial charge in [0.1, 0.15) is 0 Å². The van der Waals surface area contributed by atoms with E-state index in [1.165, 1.54) is 5.56 Å². The average Bonchev–Trinajstić information content (AvgIpc) is 3.01. The number of hydrogen-bond acceptors (Lipinski definition) is 3. The zero-order chi connectivity index (χ0) is 15.9. The molecule has 1 saturated heterocycles. The van der Waals surface area contributed by atoms with Crippen molar-refractivity contribution >= 4 is 47.2 Å². The molecular weight excluding hydrogens is 423 g/mol. The lowest BCUT2D eigenvalue weighted by molar-refractivity contribution is -0.119. The number of carbonyl (C=O) groups excluding carboxylic acids is 1. The lowest BCUT2D eigenvalue weighted by Crippen LogP contribution is -2.47. The Bertz CT molecular complexity index is 506. The molecule has 0 saturated carbocycles. The second-order valence-corrected chi connectivity index (χ2v) is 6.79. The molecule has 0 bridgehead atoms. The number of nitrogens with one attached hydrogen (secondary N) is 1. The summed E-state index contributed by atoms with van der Waals surface area (Å²) in [5.74, 6) is 1.52. The van der Waals surface area contributed by atoms with Crippen LogP contribution in [0.5, 0.6) is 0 Å². The number of primary amides is 1. The first-order valence-electron chi connectivity index (χ1n) is 7.86. The molecular formula is C16H27IN4OS. The Kier molecular flexibility index (Phi) is 8.90. The first-order valence-corrected chi connectivity index (χ1v) is 8.80. The van der Waals surface area contributed by atoms with Crippen molar-refractivity contribution in [3.05, 3.63) is 22.4 Å². The standard InChI is InChI=1S/C16H26N4OS.HI/c1-12(14-5-7-22-11-14)9-19-16(18-2)20-6-3-4-13(10-20)8-15(17)21;/h5,7,11-13H,3-4,6,8-10H2,1-2H3,(H2,17,21)(H,18,19);1H. The van der Waals surface area contributed by atoms with Crippen molar-refractivity contribution in [3.8, 4) is 0 Å². The summed E-state index contributed by atoms with van der Waals surface area (Å²) in [6.07, 6.45) is 2.62. The largest absolute Gasteiger partial charge is 0.370 e. The van der Waals surface area contributed by atoms with E-state index in [4.69, 9.17) is 5.73 Å². The van der Waals surface area contributed by atoms with Gasteiger partial charge in [-0.05, 0) is 47.1 Å². The molecule has 0 aliphatic carbocycles. The van der Waals surface area contributed by atoms with E-state index in [1.807, 2.05) is 7.05 Å². The molecule has 1 aliphatic rings. The van der Waals surface area contributed by atoms with E-state index < -0.39 is 0 Å². The Hall–Kier alpha value is -0.830. The van der Waals surface area contributed by atoms with E-state index in [2.05, 4.69) is 39.0 Å². The minimum atomic E-state index is -0.208. The molecule has 5 nitrogen and oxygen atoms in total. The number of nitrogens with two attached hydrogens (primary N) is 1. The molecule has 1 amide bonds. The monoisotopic (exact) mass is 450 g/mol. The molecule has 7 heteroatoms. The number of rotatable bonds is 5. The van der Waals surface area contributed by atoms with Crippen LogP contribution in [-0.2, 0) is 4.79 Å². The second-order valence-electron chi connectivity index (χ2n) is 6.01. The summed E-state index contributed by atoms with van der Waals surface area (Å²) >= 11 is 1.73. The van der Waals surface area contributed by atoms with Crippen LogP contribution in [0.2, 0.25) is 0 Å². The van der Waals surface area contributed by atoms with E-state index in [0.29, 0.717) is 18.3 Å². The van der Waals surface area contributed by atoms with Crippen LogP contribution in [-0.4, -0.2) is 43.4 Å². The van der Waals surface area contributed by atoms with E-state index in [1.54, 1.807) is 11.3 Å². The third kappa shape index (κ3) is 6.29. The predicted octanol–water partition coefficient (Wildman–Crippen LogP) is 2.63. The highest BCUT2D eigenvalue weighted by molar-refractivity contribution is 14.0. The van der Waals surface area contributed by atoms with E-state index in [0.717, 1.165) is 38.4 Å². The Morgan fingerprint density at radius 2 is 2.39 bits per heavy atom. The van der Waals surface area contributed by atoms with Crippen molar-refractivity contribution in [1.82, 2.24) is 10.2 Å². The molecule has 3 N–H and O–H groups in total. The van der Waals surface area contributed by atoms with Gasteiger partial charge < -0.3 is 16.0 Å². The molecule has 1 aromatic heterocycles. The van der Waals surface area contributed by atoms with Crippen LogP contribution in [0.25, 0.3) is 0 Å². The van der Waals surface area contributed by atoms with E-state index >= 15 is 0 Å². The maximum absolute atomic E-state index is 11.1. The number of piperidine rings is 1. The number of hydrogen-bond donors (Lipinski definition) is 2. The number of nitrogens with zero attached hydrogens (tertiary/aromatic N) is 2.